The summed E-state index contributed by atoms with van der Waals surface area (Å²) in [6.45, 7) is 4.31. The van der Waals surface area contributed by atoms with Crippen molar-refractivity contribution in [3.8, 4) is 0 Å². The van der Waals surface area contributed by atoms with Crippen LogP contribution in [0.4, 0.5) is 0 Å². The number of hydrogen-bond acceptors (Lipinski definition) is 4. The Morgan fingerprint density at radius 1 is 1.33 bits per heavy atom. The largest absolute Gasteiger partial charge is 0.481 e. The van der Waals surface area contributed by atoms with Gasteiger partial charge in [-0.05, 0) is 49.3 Å². The normalized spacial score (nSPS) is 19.3. The number of aliphatic carboxylic acids is 1. The highest BCUT2D eigenvalue weighted by atomic mass is 32.1. The number of carboxylic acids is 1. The summed E-state index contributed by atoms with van der Waals surface area (Å²) in [6.07, 6.45) is 4.76. The second-order valence-electron chi connectivity index (χ2n) is 7.73. The van der Waals surface area contributed by atoms with Gasteiger partial charge in [0, 0.05) is 24.4 Å². The zero-order valence-electron chi connectivity index (χ0n) is 15.6. The number of carbonyl (C=O) groups excluding carboxylic acids is 1. The van der Waals surface area contributed by atoms with Gasteiger partial charge in [-0.2, -0.15) is 5.10 Å². The lowest BCUT2D eigenvalue weighted by Gasteiger charge is -2.19. The Hall–Kier alpha value is -2.15. The van der Waals surface area contributed by atoms with Crippen LogP contribution < -0.4 is 0 Å². The third kappa shape index (κ3) is 3.93. The second kappa shape index (κ2) is 7.46. The van der Waals surface area contributed by atoms with Crippen LogP contribution in [0.25, 0.3) is 0 Å². The van der Waals surface area contributed by atoms with Crippen LogP contribution in [0.2, 0.25) is 0 Å². The minimum Gasteiger partial charge on any atom is -0.481 e. The van der Waals surface area contributed by atoms with Gasteiger partial charge in [0.2, 0.25) is 0 Å². The summed E-state index contributed by atoms with van der Waals surface area (Å²) in [5.41, 5.74) is 3.15. The van der Waals surface area contributed by atoms with Gasteiger partial charge in [0.1, 0.15) is 0 Å². The zero-order valence-corrected chi connectivity index (χ0v) is 16.4. The van der Waals surface area contributed by atoms with Gasteiger partial charge in [-0.15, -0.1) is 11.3 Å². The molecule has 0 spiro atoms. The molecule has 3 heterocycles. The van der Waals surface area contributed by atoms with Gasteiger partial charge in [-0.1, -0.05) is 6.92 Å². The summed E-state index contributed by atoms with van der Waals surface area (Å²) in [7, 11) is 0. The van der Waals surface area contributed by atoms with Crippen LogP contribution in [0.5, 0.6) is 0 Å². The molecule has 1 unspecified atom stereocenters. The minimum absolute atomic E-state index is 0.0816. The predicted octanol–water partition coefficient (Wildman–Crippen LogP) is 3.13. The van der Waals surface area contributed by atoms with Crippen LogP contribution in [-0.2, 0) is 37.1 Å². The lowest BCUT2D eigenvalue weighted by atomic mass is 9.90. The van der Waals surface area contributed by atoms with Crippen LogP contribution >= 0.6 is 11.3 Å². The van der Waals surface area contributed by atoms with Crippen molar-refractivity contribution in [1.82, 2.24) is 14.7 Å². The Labute approximate surface area is 162 Å². The molecule has 1 aliphatic carbocycles. The fourth-order valence-electron chi connectivity index (χ4n) is 4.02. The van der Waals surface area contributed by atoms with Crippen LogP contribution in [0, 0.1) is 5.92 Å². The number of nitrogens with zero attached hydrogens (tertiary/aromatic N) is 3. The van der Waals surface area contributed by atoms with E-state index >= 15 is 0 Å². The first-order chi connectivity index (χ1) is 13.0. The molecule has 2 aromatic heterocycles. The zero-order chi connectivity index (χ0) is 19.0. The first-order valence-electron chi connectivity index (χ1n) is 9.68. The van der Waals surface area contributed by atoms with E-state index in [1.807, 2.05) is 15.6 Å². The maximum atomic E-state index is 13.1. The van der Waals surface area contributed by atoms with Crippen molar-refractivity contribution in [2.24, 2.45) is 5.92 Å². The van der Waals surface area contributed by atoms with Crippen LogP contribution in [0.15, 0.2) is 12.1 Å². The fourth-order valence-corrected chi connectivity index (χ4v) is 5.20. The number of fused-ring (bicyclic) bond motifs is 2. The standard InChI is InChI=1S/C20H25N3O3S/c1-13-3-5-17-14(9-13)10-18(27-17)20(26)22-7-2-8-23-16(12-22)11-15(21-23)4-6-19(24)25/h10-11,13H,2-9,12H2,1H3,(H,24,25). The molecule has 1 aliphatic heterocycles. The van der Waals surface area contributed by atoms with Crippen molar-refractivity contribution in [3.05, 3.63) is 38.8 Å². The molecule has 0 radical (unpaired) electrons. The van der Waals surface area contributed by atoms with E-state index in [1.54, 1.807) is 11.3 Å². The van der Waals surface area contributed by atoms with Gasteiger partial charge >= 0.3 is 5.97 Å². The highest BCUT2D eigenvalue weighted by Crippen LogP contribution is 2.33. The number of rotatable bonds is 4. The summed E-state index contributed by atoms with van der Waals surface area (Å²) in [5.74, 6) is 0.00146. The molecule has 0 aromatic carbocycles. The molecule has 0 saturated carbocycles. The number of aryl methyl sites for hydroxylation is 3. The molecule has 1 amide bonds. The molecule has 0 fully saturated rings. The van der Waals surface area contributed by atoms with Crippen LogP contribution in [0.1, 0.15) is 57.7 Å². The molecule has 7 heteroatoms. The second-order valence-corrected chi connectivity index (χ2v) is 8.87. The van der Waals surface area contributed by atoms with E-state index < -0.39 is 5.97 Å². The topological polar surface area (TPSA) is 75.4 Å². The smallest absolute Gasteiger partial charge is 0.303 e. The molecule has 2 aromatic rings. The van der Waals surface area contributed by atoms with E-state index in [0.29, 0.717) is 18.9 Å². The minimum atomic E-state index is -0.814. The van der Waals surface area contributed by atoms with E-state index in [2.05, 4.69) is 18.1 Å². The lowest BCUT2D eigenvalue weighted by Crippen LogP contribution is -2.30. The SMILES string of the molecule is CC1CCc2sc(C(=O)N3CCCn4nc(CCC(=O)O)cc4C3)cc2C1. The molecule has 1 atom stereocenters. The summed E-state index contributed by atoms with van der Waals surface area (Å²) >= 11 is 1.66. The van der Waals surface area contributed by atoms with Crippen molar-refractivity contribution < 1.29 is 14.7 Å². The average Bonchev–Trinajstić information content (AvgIpc) is 3.17. The quantitative estimate of drug-likeness (QED) is 0.875. The summed E-state index contributed by atoms with van der Waals surface area (Å²) in [5, 5.41) is 13.4. The van der Waals surface area contributed by atoms with Crippen LogP contribution in [0.3, 0.4) is 0 Å². The third-order valence-electron chi connectivity index (χ3n) is 5.49. The lowest BCUT2D eigenvalue weighted by molar-refractivity contribution is -0.136. The first kappa shape index (κ1) is 18.2. The van der Waals surface area contributed by atoms with Gasteiger partial charge in [0.05, 0.1) is 29.2 Å². The molecule has 27 heavy (non-hydrogen) atoms. The third-order valence-corrected chi connectivity index (χ3v) is 6.71. The Morgan fingerprint density at radius 3 is 3.00 bits per heavy atom. The molecule has 144 valence electrons. The summed E-state index contributed by atoms with van der Waals surface area (Å²) < 4.78 is 1.94. The molecular weight excluding hydrogens is 362 g/mol. The number of amides is 1. The van der Waals surface area contributed by atoms with Gasteiger partial charge in [0.25, 0.3) is 5.91 Å². The number of aromatic nitrogens is 2. The van der Waals surface area contributed by atoms with Gasteiger partial charge in [0.15, 0.2) is 0 Å². The van der Waals surface area contributed by atoms with Gasteiger partial charge in [-0.3, -0.25) is 14.3 Å². The highest BCUT2D eigenvalue weighted by molar-refractivity contribution is 7.14. The fraction of sp³-hybridized carbons (Fsp3) is 0.550. The number of carboxylic acid groups (broad SMARTS) is 1. The number of carbonyl (C=O) groups is 2. The Bertz CT molecular complexity index is 870. The molecule has 6 nitrogen and oxygen atoms in total. The summed E-state index contributed by atoms with van der Waals surface area (Å²) in [6, 6.07) is 4.06. The average molecular weight is 388 g/mol. The maximum Gasteiger partial charge on any atom is 0.303 e. The highest BCUT2D eigenvalue weighted by Gasteiger charge is 2.26. The number of hydrogen-bond donors (Lipinski definition) is 1. The van der Waals surface area contributed by atoms with E-state index in [0.717, 1.165) is 48.6 Å². The Morgan fingerprint density at radius 2 is 2.19 bits per heavy atom. The molecule has 0 saturated heterocycles. The predicted molar refractivity (Wildman–Crippen MR) is 103 cm³/mol. The molecule has 0 bridgehead atoms. The van der Waals surface area contributed by atoms with Crippen molar-refractivity contribution >= 4 is 23.2 Å². The molecule has 1 N–H and O–H groups in total. The maximum absolute atomic E-state index is 13.1. The van der Waals surface area contributed by atoms with Crippen molar-refractivity contribution in [2.45, 2.75) is 58.5 Å². The van der Waals surface area contributed by atoms with E-state index in [-0.39, 0.29) is 12.3 Å². The van der Waals surface area contributed by atoms with Gasteiger partial charge in [-0.25, -0.2) is 0 Å². The first-order valence-corrected chi connectivity index (χ1v) is 10.5. The van der Waals surface area contributed by atoms with Gasteiger partial charge < -0.3 is 10.0 Å². The van der Waals surface area contributed by atoms with E-state index in [9.17, 15) is 9.59 Å². The molecule has 2 aliphatic rings. The van der Waals surface area contributed by atoms with Crippen molar-refractivity contribution in [2.75, 3.05) is 6.54 Å². The van der Waals surface area contributed by atoms with Crippen molar-refractivity contribution in [3.63, 3.8) is 0 Å². The molecule has 4 rings (SSSR count). The van der Waals surface area contributed by atoms with Crippen LogP contribution in [-0.4, -0.2) is 38.2 Å². The monoisotopic (exact) mass is 387 g/mol. The molecular formula is C20H25N3O3S. The number of thiophene rings is 1. The Kier molecular flexibility index (Phi) is 5.04. The van der Waals surface area contributed by atoms with Crippen molar-refractivity contribution in [1.29, 1.82) is 0 Å². The Balaban J connectivity index is 1.49. The van der Waals surface area contributed by atoms with E-state index in [4.69, 9.17) is 5.11 Å². The summed E-state index contributed by atoms with van der Waals surface area (Å²) in [4.78, 5) is 28.1. The van der Waals surface area contributed by atoms with E-state index in [1.165, 1.54) is 16.9 Å².